The van der Waals surface area contributed by atoms with Crippen molar-refractivity contribution in [1.29, 1.82) is 0 Å². The fourth-order valence-corrected chi connectivity index (χ4v) is 8.60. The molecular formula is C53H52N6O8S. The number of benzene rings is 5. The van der Waals surface area contributed by atoms with Gasteiger partial charge in [0.2, 0.25) is 35.4 Å². The highest BCUT2D eigenvalue weighted by Gasteiger charge is 2.34. The number of fused-ring (bicyclic) bond motifs is 18. The van der Waals surface area contributed by atoms with Gasteiger partial charge in [-0.1, -0.05) is 133 Å². The van der Waals surface area contributed by atoms with Crippen molar-refractivity contribution in [2.75, 3.05) is 5.32 Å². The monoisotopic (exact) mass is 932 g/mol. The van der Waals surface area contributed by atoms with Crippen molar-refractivity contribution < 1.29 is 38.7 Å². The molecule has 0 spiro atoms. The third-order valence-corrected chi connectivity index (χ3v) is 12.5. The molecule has 7 N–H and O–H groups in total. The van der Waals surface area contributed by atoms with E-state index in [0.717, 1.165) is 16.7 Å². The molecule has 0 fully saturated rings. The first-order chi connectivity index (χ1) is 33.0. The summed E-state index contributed by atoms with van der Waals surface area (Å²) in [4.78, 5) is 97.4. The predicted octanol–water partition coefficient (Wildman–Crippen LogP) is 5.69. The summed E-state index contributed by atoms with van der Waals surface area (Å²) in [6.07, 6.45) is -0.158. The molecule has 6 aromatic rings. The third kappa shape index (κ3) is 13.8. The van der Waals surface area contributed by atoms with Crippen molar-refractivity contribution in [2.45, 2.75) is 75.2 Å². The van der Waals surface area contributed by atoms with Gasteiger partial charge in [-0.15, -0.1) is 11.3 Å². The highest BCUT2D eigenvalue weighted by molar-refractivity contribution is 7.10. The Kier molecular flexibility index (Phi) is 16.6. The summed E-state index contributed by atoms with van der Waals surface area (Å²) >= 11 is 1.23. The Bertz CT molecular complexity index is 2670. The van der Waals surface area contributed by atoms with Crippen LogP contribution in [0.25, 0.3) is 11.1 Å². The number of aryl methyl sites for hydroxylation is 1. The standard InChI is InChI=1S/C53H52N6O8S/c60-46-28-29-47(61)59-48(45-17-10-30-68-45)52(65)57-43(31-36-18-23-39(24-19-36)38-15-8-3-9-16-38)50(63)55-41(27-22-34-11-4-1-5-12-34)49(62)56-42(32-37-20-25-40(54-46)26-21-37)51(64)58-44(53(66)67)33-35-13-6-2-7-14-35/h1-21,23-26,30,41-44,48H,22,27-29,31-33H2,(H,54,60)(H,55,63)(H,56,62)(H,57,65)(H,58,64)(H,59,61)(H,66,67)/t41-,42+,43+,44-,48?/m1/s1. The number of carboxylic acid groups (broad SMARTS) is 1. The Balaban J connectivity index is 1.23. The Morgan fingerprint density at radius 3 is 1.85 bits per heavy atom. The first-order valence-corrected chi connectivity index (χ1v) is 23.2. The molecule has 3 heterocycles. The van der Waals surface area contributed by atoms with E-state index in [1.54, 1.807) is 72.1 Å². The van der Waals surface area contributed by atoms with E-state index in [2.05, 4.69) is 31.9 Å². The third-order valence-electron chi connectivity index (χ3n) is 11.5. The molecule has 8 rings (SSSR count). The second-order valence-electron chi connectivity index (χ2n) is 16.5. The van der Waals surface area contributed by atoms with Gasteiger partial charge in [0.05, 0.1) is 0 Å². The molecule has 6 amide bonds. The predicted molar refractivity (Wildman–Crippen MR) is 259 cm³/mol. The molecule has 0 aliphatic carbocycles. The normalized spacial score (nSPS) is 18.9. The second kappa shape index (κ2) is 23.5. The van der Waals surface area contributed by atoms with Gasteiger partial charge >= 0.3 is 5.97 Å². The van der Waals surface area contributed by atoms with Crippen molar-refractivity contribution >= 4 is 58.4 Å². The molecule has 0 radical (unpaired) electrons. The topological polar surface area (TPSA) is 212 Å². The van der Waals surface area contributed by atoms with E-state index in [1.807, 2.05) is 84.9 Å². The second-order valence-corrected chi connectivity index (χ2v) is 17.5. The van der Waals surface area contributed by atoms with E-state index in [4.69, 9.17) is 0 Å². The number of aliphatic carboxylic acids is 1. The summed E-state index contributed by atoms with van der Waals surface area (Å²) < 4.78 is 0. The average Bonchev–Trinajstić information content (AvgIpc) is 3.89. The Morgan fingerprint density at radius 1 is 0.603 bits per heavy atom. The van der Waals surface area contributed by atoms with Crippen molar-refractivity contribution in [3.63, 3.8) is 0 Å². The van der Waals surface area contributed by atoms with Gasteiger partial charge in [-0.2, -0.15) is 0 Å². The fraction of sp³-hybridized carbons (Fsp3) is 0.226. The number of anilines is 1. The molecule has 0 saturated heterocycles. The van der Waals surface area contributed by atoms with Crippen molar-refractivity contribution in [2.24, 2.45) is 0 Å². The minimum atomic E-state index is -1.34. The SMILES string of the molecule is O=C1CCC(=O)NC(c2cccs2)C(=O)N[C@@H](Cc2ccc(-c3ccccc3)cc2)C(=O)N[C@H](CCc2ccccc2)C(=O)N[C@H](C(=O)N[C@H](Cc2ccccc2)C(=O)O)Cc2ccc(cc2)N1. The number of hydrogen-bond acceptors (Lipinski definition) is 8. The zero-order chi connectivity index (χ0) is 47.8. The maximum absolute atomic E-state index is 14.7. The Labute approximate surface area is 398 Å². The summed E-state index contributed by atoms with van der Waals surface area (Å²) in [5, 5.41) is 28.6. The van der Waals surface area contributed by atoms with Gasteiger partial charge in [0.25, 0.3) is 0 Å². The number of carboxylic acids is 1. The van der Waals surface area contributed by atoms with Gasteiger partial charge in [0.1, 0.15) is 30.2 Å². The zero-order valence-electron chi connectivity index (χ0n) is 37.1. The van der Waals surface area contributed by atoms with Crippen LogP contribution in [0.5, 0.6) is 0 Å². The van der Waals surface area contributed by atoms with Crippen molar-refractivity contribution in [3.8, 4) is 11.1 Å². The smallest absolute Gasteiger partial charge is 0.326 e. The molecule has 2 bridgehead atoms. The first-order valence-electron chi connectivity index (χ1n) is 22.4. The van der Waals surface area contributed by atoms with Gasteiger partial charge in [-0.25, -0.2) is 4.79 Å². The Hall–Kier alpha value is -7.91. The minimum absolute atomic E-state index is 0.0101. The molecule has 14 nitrogen and oxygen atoms in total. The van der Waals surface area contributed by atoms with E-state index in [9.17, 15) is 38.7 Å². The number of carbonyl (C=O) groups is 7. The molecule has 2 aliphatic heterocycles. The fourth-order valence-electron chi connectivity index (χ4n) is 7.83. The molecular weight excluding hydrogens is 881 g/mol. The number of hydrogen-bond donors (Lipinski definition) is 7. The van der Waals surface area contributed by atoms with E-state index in [0.29, 0.717) is 33.7 Å². The molecule has 2 aliphatic rings. The van der Waals surface area contributed by atoms with Crippen LogP contribution in [0.2, 0.25) is 0 Å². The lowest BCUT2D eigenvalue weighted by molar-refractivity contribution is -0.142. The summed E-state index contributed by atoms with van der Waals surface area (Å²) in [6, 6.07) is 38.9. The summed E-state index contributed by atoms with van der Waals surface area (Å²) in [6.45, 7) is 0. The maximum atomic E-state index is 14.7. The summed E-state index contributed by atoms with van der Waals surface area (Å²) in [5.41, 5.74) is 5.13. The van der Waals surface area contributed by atoms with Gasteiger partial charge < -0.3 is 37.0 Å². The number of carbonyl (C=O) groups excluding carboxylic acids is 6. The van der Waals surface area contributed by atoms with Crippen LogP contribution in [0.1, 0.15) is 52.4 Å². The highest BCUT2D eigenvalue weighted by atomic mass is 32.1. The quantitative estimate of drug-likeness (QED) is 0.0757. The average molecular weight is 933 g/mol. The maximum Gasteiger partial charge on any atom is 0.326 e. The van der Waals surface area contributed by atoms with Crippen molar-refractivity contribution in [1.82, 2.24) is 26.6 Å². The van der Waals surface area contributed by atoms with E-state index >= 15 is 0 Å². The van der Waals surface area contributed by atoms with Crippen LogP contribution in [0.4, 0.5) is 5.69 Å². The van der Waals surface area contributed by atoms with E-state index < -0.39 is 71.6 Å². The lowest BCUT2D eigenvalue weighted by atomic mass is 9.99. The van der Waals surface area contributed by atoms with E-state index in [1.165, 1.54) is 11.3 Å². The molecule has 1 aromatic heterocycles. The highest BCUT2D eigenvalue weighted by Crippen LogP contribution is 2.23. The lowest BCUT2D eigenvalue weighted by Gasteiger charge is -2.27. The first kappa shape index (κ1) is 48.0. The molecule has 1 unspecified atom stereocenters. The molecule has 0 saturated carbocycles. The van der Waals surface area contributed by atoms with Crippen LogP contribution in [0.3, 0.4) is 0 Å². The summed E-state index contributed by atoms with van der Waals surface area (Å²) in [5.74, 6) is -5.19. The van der Waals surface area contributed by atoms with Crippen LogP contribution in [-0.2, 0) is 59.2 Å². The van der Waals surface area contributed by atoms with Crippen LogP contribution in [0, 0.1) is 0 Å². The van der Waals surface area contributed by atoms with Crippen molar-refractivity contribution in [3.05, 3.63) is 184 Å². The lowest BCUT2D eigenvalue weighted by Crippen LogP contribution is -2.59. The van der Waals surface area contributed by atoms with Gasteiger partial charge in [-0.05, 0) is 69.8 Å². The van der Waals surface area contributed by atoms with Crippen LogP contribution >= 0.6 is 11.3 Å². The van der Waals surface area contributed by atoms with Gasteiger partial charge in [0.15, 0.2) is 0 Å². The molecule has 68 heavy (non-hydrogen) atoms. The summed E-state index contributed by atoms with van der Waals surface area (Å²) in [7, 11) is 0. The number of amides is 6. The number of rotatable bonds is 12. The molecule has 348 valence electrons. The number of nitrogens with one attached hydrogen (secondary N) is 6. The molecule has 15 heteroatoms. The van der Waals surface area contributed by atoms with Crippen LogP contribution in [0.15, 0.2) is 157 Å². The molecule has 5 atom stereocenters. The number of thiophene rings is 1. The minimum Gasteiger partial charge on any atom is -0.480 e. The zero-order valence-corrected chi connectivity index (χ0v) is 37.9. The largest absolute Gasteiger partial charge is 0.480 e. The van der Waals surface area contributed by atoms with E-state index in [-0.39, 0.29) is 38.5 Å². The van der Waals surface area contributed by atoms with Crippen LogP contribution in [-0.4, -0.2) is 70.7 Å². The molecule has 5 aromatic carbocycles. The Morgan fingerprint density at radius 2 is 1.21 bits per heavy atom. The van der Waals surface area contributed by atoms with Crippen LogP contribution < -0.4 is 31.9 Å². The van der Waals surface area contributed by atoms with Gasteiger partial charge in [-0.3, -0.25) is 28.8 Å². The van der Waals surface area contributed by atoms with Gasteiger partial charge in [0, 0.05) is 42.7 Å².